The first-order valence-electron chi connectivity index (χ1n) is 12.6. The molecule has 45 heavy (non-hydrogen) atoms. The van der Waals surface area contributed by atoms with Crippen LogP contribution in [0, 0.1) is 0 Å². The molecule has 0 fully saturated rings. The predicted molar refractivity (Wildman–Crippen MR) is 133 cm³/mol. The Balaban J connectivity index is 0.00000353. The fourth-order valence-electron chi connectivity index (χ4n) is 5.07. The molecule has 0 bridgehead atoms. The van der Waals surface area contributed by atoms with Gasteiger partial charge in [-0.15, -0.1) is 0 Å². The van der Waals surface area contributed by atoms with Crippen LogP contribution >= 0.6 is 0 Å². The number of hydrogen-bond donors (Lipinski definition) is 0. The topological polar surface area (TPSA) is 0 Å². The summed E-state index contributed by atoms with van der Waals surface area (Å²) in [5.41, 5.74) is -3.25. The maximum absolute atomic E-state index is 13.6. The second kappa shape index (κ2) is 13.3. The number of allylic oxidation sites excluding steroid dienone is 8. The smallest absolute Gasteiger partial charge is 1.00 e. The summed E-state index contributed by atoms with van der Waals surface area (Å²) in [6, 6.07) is 2.66. The minimum absolute atomic E-state index is 0. The zero-order chi connectivity index (χ0) is 32.4. The van der Waals surface area contributed by atoms with Crippen LogP contribution in [0.4, 0.5) is 52.7 Å². The van der Waals surface area contributed by atoms with Gasteiger partial charge in [0.25, 0.3) is 0 Å². The fraction of sp³-hybridized carbons (Fsp3) is 0.333. The molecule has 2 aliphatic carbocycles. The van der Waals surface area contributed by atoms with Gasteiger partial charge in [-0.1, -0.05) is 0 Å². The number of benzene rings is 2. The Morgan fingerprint density at radius 3 is 0.911 bits per heavy atom. The molecule has 0 radical (unpaired) electrons. The van der Waals surface area contributed by atoms with Crippen LogP contribution in [-0.4, -0.2) is 0 Å². The van der Waals surface area contributed by atoms with Gasteiger partial charge in [-0.3, -0.25) is 0 Å². The number of alkyl halides is 12. The van der Waals surface area contributed by atoms with Crippen molar-refractivity contribution >= 4 is 11.1 Å². The zero-order valence-electron chi connectivity index (χ0n) is 23.7. The van der Waals surface area contributed by atoms with Gasteiger partial charge < -0.3 is 24.8 Å². The van der Waals surface area contributed by atoms with Crippen molar-refractivity contribution in [1.29, 1.82) is 0 Å². The van der Waals surface area contributed by atoms with Crippen molar-refractivity contribution in [2.45, 2.75) is 65.2 Å². The Morgan fingerprint density at radius 2 is 0.689 bits per heavy atom. The van der Waals surface area contributed by atoms with E-state index in [4.69, 9.17) is 0 Å². The zero-order valence-corrected chi connectivity index (χ0v) is 27.6. The first-order valence-corrected chi connectivity index (χ1v) is 15.1. The normalized spacial score (nSPS) is 16.4. The van der Waals surface area contributed by atoms with Gasteiger partial charge in [0.2, 0.25) is 0 Å². The van der Waals surface area contributed by atoms with Crippen LogP contribution in [0.3, 0.4) is 0 Å². The third kappa shape index (κ3) is 8.31. The van der Waals surface area contributed by atoms with E-state index < -0.39 is 70.2 Å². The van der Waals surface area contributed by atoms with Crippen LogP contribution in [0.25, 0.3) is 11.1 Å². The summed E-state index contributed by atoms with van der Waals surface area (Å²) in [5, 5.41) is 0. The van der Waals surface area contributed by atoms with Gasteiger partial charge in [0.15, 0.2) is 0 Å². The van der Waals surface area contributed by atoms with Gasteiger partial charge >= 0.3 is 251 Å². The summed E-state index contributed by atoms with van der Waals surface area (Å²) in [6.07, 6.45) is -20.1. The molecule has 4 rings (SSSR count). The quantitative estimate of drug-likeness (QED) is 0.363. The Hall–Kier alpha value is -1.98. The first-order chi connectivity index (χ1) is 19.5. The number of rotatable bonds is 4. The minimum atomic E-state index is -5.07. The fourth-order valence-corrected chi connectivity index (χ4v) is 9.54. The molecule has 0 nitrogen and oxygen atoms in total. The second-order valence-corrected chi connectivity index (χ2v) is 13.7. The van der Waals surface area contributed by atoms with Gasteiger partial charge in [-0.05, 0) is 0 Å². The summed E-state index contributed by atoms with van der Waals surface area (Å²) < 4.78 is 164. The second-order valence-electron chi connectivity index (χ2n) is 10.6. The number of hydrogen-bond acceptors (Lipinski definition) is 0. The molecule has 0 saturated heterocycles. The van der Waals surface area contributed by atoms with Gasteiger partial charge in [0, 0.05) is 0 Å². The van der Waals surface area contributed by atoms with Crippen molar-refractivity contribution in [3.8, 4) is 0 Å². The Kier molecular flexibility index (Phi) is 11.6. The van der Waals surface area contributed by atoms with E-state index in [0.29, 0.717) is 53.1 Å². The summed E-state index contributed by atoms with van der Waals surface area (Å²) in [6.45, 7) is 6.70. The van der Waals surface area contributed by atoms with Crippen molar-refractivity contribution in [3.63, 3.8) is 0 Å². The summed E-state index contributed by atoms with van der Waals surface area (Å²) in [5.74, 6) is 0. The van der Waals surface area contributed by atoms with E-state index in [1.807, 2.05) is 0 Å². The molecular formula is C30H22Cl2F12Zr. The standard InChI is InChI=1S/2C15H11F6.2ClH.Zr/c2*1-8-3-10(4-9(8)2)11-5-12(14(16,17)18)7-13(6-11)15(19,20)21;;;/h2*5-7H,3H2,1-2H3;2*1H;/q;;;;+2/p-2. The van der Waals surface area contributed by atoms with Crippen molar-refractivity contribution in [3.05, 3.63) is 98.6 Å². The van der Waals surface area contributed by atoms with Crippen LogP contribution in [-0.2, 0) is 47.9 Å². The van der Waals surface area contributed by atoms with E-state index in [9.17, 15) is 52.7 Å². The predicted octanol–water partition coefficient (Wildman–Crippen LogP) is 5.45. The minimum Gasteiger partial charge on any atom is -1.00 e. The maximum atomic E-state index is 13.6. The van der Waals surface area contributed by atoms with Crippen molar-refractivity contribution in [2.24, 2.45) is 0 Å². The van der Waals surface area contributed by atoms with Gasteiger partial charge in [-0.25, -0.2) is 0 Å². The van der Waals surface area contributed by atoms with E-state index >= 15 is 0 Å². The van der Waals surface area contributed by atoms with Gasteiger partial charge in [0.05, 0.1) is 0 Å². The van der Waals surface area contributed by atoms with E-state index in [1.165, 1.54) is 0 Å². The molecule has 0 N–H and O–H groups in total. The third-order valence-electron chi connectivity index (χ3n) is 7.64. The molecule has 0 amide bonds. The first kappa shape index (κ1) is 39.2. The molecule has 2 aliphatic rings. The molecular weight excluding hydrogens is 750 g/mol. The van der Waals surface area contributed by atoms with Crippen molar-refractivity contribution in [2.75, 3.05) is 0 Å². The molecule has 0 unspecified atom stereocenters. The van der Waals surface area contributed by atoms with E-state index in [1.54, 1.807) is 27.7 Å². The van der Waals surface area contributed by atoms with Crippen LogP contribution in [0.1, 0.15) is 73.9 Å². The molecule has 2 aromatic rings. The van der Waals surface area contributed by atoms with E-state index in [2.05, 4.69) is 0 Å². The van der Waals surface area contributed by atoms with E-state index in [0.717, 1.165) is 0 Å². The maximum Gasteiger partial charge on any atom is -1.00 e. The molecule has 244 valence electrons. The largest absolute Gasteiger partial charge is 1.00 e. The van der Waals surface area contributed by atoms with Crippen molar-refractivity contribution < 1.29 is 101 Å². The van der Waals surface area contributed by atoms with Gasteiger partial charge in [-0.2, -0.15) is 0 Å². The average molecular weight is 773 g/mol. The monoisotopic (exact) mass is 770 g/mol. The Labute approximate surface area is 274 Å². The van der Waals surface area contributed by atoms with Crippen LogP contribution < -0.4 is 24.8 Å². The molecule has 0 saturated carbocycles. The van der Waals surface area contributed by atoms with Crippen LogP contribution in [0.15, 0.2) is 65.3 Å². The average Bonchev–Trinajstić information content (AvgIpc) is 3.31. The van der Waals surface area contributed by atoms with Crippen molar-refractivity contribution in [1.82, 2.24) is 0 Å². The van der Waals surface area contributed by atoms with E-state index in [-0.39, 0.29) is 72.1 Å². The molecule has 0 atom stereocenters. The summed E-state index contributed by atoms with van der Waals surface area (Å²) in [4.78, 5) is 0. The molecule has 0 aliphatic heterocycles. The Bertz CT molecular complexity index is 1430. The molecule has 0 heterocycles. The Morgan fingerprint density at radius 1 is 0.444 bits per heavy atom. The molecule has 0 aromatic heterocycles. The SMILES string of the molecule is CC1=C(C)[C]([Zr+2][C]2=C(c3cc(C(F)(F)F)cc(C(F)(F)F)c3)CC(C)=C2C)=C(c2cc(C(F)(F)F)cc(C(F)(F)F)c2)C1.[Cl-].[Cl-]. The third-order valence-corrected chi connectivity index (χ3v) is 12.2. The summed E-state index contributed by atoms with van der Waals surface area (Å²) >= 11 is -2.23. The van der Waals surface area contributed by atoms with Gasteiger partial charge in [0.1, 0.15) is 0 Å². The van der Waals surface area contributed by atoms with Crippen LogP contribution in [0.5, 0.6) is 0 Å². The molecule has 0 spiro atoms. The molecule has 15 heteroatoms. The molecule has 2 aromatic carbocycles. The summed E-state index contributed by atoms with van der Waals surface area (Å²) in [7, 11) is 0. The van der Waals surface area contributed by atoms with Crippen LogP contribution in [0.2, 0.25) is 0 Å². The number of halogens is 14.